The van der Waals surface area contributed by atoms with E-state index in [0.717, 1.165) is 0 Å². The van der Waals surface area contributed by atoms with Gasteiger partial charge in [-0.05, 0) is 13.8 Å². The number of hydrogen-bond acceptors (Lipinski definition) is 3. The fourth-order valence-electron chi connectivity index (χ4n) is 0.782. The van der Waals surface area contributed by atoms with Crippen molar-refractivity contribution < 1.29 is 18.7 Å². The van der Waals surface area contributed by atoms with Crippen LogP contribution in [0.15, 0.2) is 0 Å². The van der Waals surface area contributed by atoms with Crippen LogP contribution in [0.25, 0.3) is 0 Å². The largest absolute Gasteiger partial charge is 0.380 e. The van der Waals surface area contributed by atoms with Gasteiger partial charge in [-0.1, -0.05) is 0 Å². The van der Waals surface area contributed by atoms with Crippen molar-refractivity contribution in [1.82, 2.24) is 0 Å². The molecule has 0 aromatic heterocycles. The number of carbonyl (C=O) groups is 1. The molecule has 10 heavy (non-hydrogen) atoms. The quantitative estimate of drug-likeness (QED) is 0.512. The van der Waals surface area contributed by atoms with E-state index in [4.69, 9.17) is 0 Å². The minimum Gasteiger partial charge on any atom is -0.312 e. The lowest BCUT2D eigenvalue weighted by Gasteiger charge is -2.08. The molecule has 1 rings (SSSR count). The molecule has 0 N–H and O–H groups in total. The fourth-order valence-corrected chi connectivity index (χ4v) is 0.782. The maximum atomic E-state index is 12.7. The molecule has 0 aromatic rings. The molecule has 3 nitrogen and oxygen atoms in total. The molecule has 1 heterocycles. The lowest BCUT2D eigenvalue weighted by molar-refractivity contribution is -0.238. The van der Waals surface area contributed by atoms with Crippen LogP contribution in [-0.2, 0) is 14.3 Å². The third-order valence-corrected chi connectivity index (χ3v) is 1.50. The molecule has 4 heteroatoms. The third kappa shape index (κ3) is 1.17. The minimum absolute atomic E-state index is 0.0208. The van der Waals surface area contributed by atoms with Gasteiger partial charge in [-0.15, -0.1) is 0 Å². The Labute approximate surface area is 58.1 Å². The Morgan fingerprint density at radius 2 is 1.80 bits per heavy atom. The first-order chi connectivity index (χ1) is 4.57. The number of ether oxygens (including phenoxy) is 2. The second-order valence-electron chi connectivity index (χ2n) is 2.35. The fraction of sp³-hybridized carbons (Fsp3) is 0.833. The first kappa shape index (κ1) is 7.63. The zero-order valence-electron chi connectivity index (χ0n) is 5.83. The van der Waals surface area contributed by atoms with E-state index in [1.807, 2.05) is 0 Å². The molecular formula is C6H9FO3. The predicted octanol–water partition coefficient (Wildman–Crippen LogP) is 0.632. The van der Waals surface area contributed by atoms with Crippen molar-refractivity contribution in [2.45, 2.75) is 32.1 Å². The van der Waals surface area contributed by atoms with Crippen LogP contribution < -0.4 is 0 Å². The Morgan fingerprint density at radius 1 is 1.40 bits per heavy atom. The third-order valence-electron chi connectivity index (χ3n) is 1.50. The molecule has 0 spiro atoms. The average Bonchev–Trinajstić information content (AvgIpc) is 2.10. The Hall–Kier alpha value is -0.480. The molecule has 0 amide bonds. The minimum atomic E-state index is -2.50. The maximum absolute atomic E-state index is 12.7. The van der Waals surface area contributed by atoms with Crippen LogP contribution in [0.1, 0.15) is 13.8 Å². The number of aldehydes is 1. The van der Waals surface area contributed by atoms with Crippen LogP contribution in [0.3, 0.4) is 0 Å². The summed E-state index contributed by atoms with van der Waals surface area (Å²) in [6.45, 7) is 3.30. The smallest absolute Gasteiger partial charge is 0.312 e. The second-order valence-corrected chi connectivity index (χ2v) is 2.35. The van der Waals surface area contributed by atoms with Gasteiger partial charge in [-0.25, -0.2) is 0 Å². The predicted molar refractivity (Wildman–Crippen MR) is 31.0 cm³/mol. The molecule has 0 radical (unpaired) electrons. The molecule has 1 saturated heterocycles. The summed E-state index contributed by atoms with van der Waals surface area (Å²) in [5.74, 6) is 0. The molecule has 1 aliphatic rings. The average molecular weight is 148 g/mol. The highest BCUT2D eigenvalue weighted by molar-refractivity contribution is 5.58. The van der Waals surface area contributed by atoms with E-state index in [0.29, 0.717) is 0 Å². The topological polar surface area (TPSA) is 35.5 Å². The van der Waals surface area contributed by atoms with E-state index in [1.165, 1.54) is 0 Å². The first-order valence-corrected chi connectivity index (χ1v) is 3.08. The summed E-state index contributed by atoms with van der Waals surface area (Å²) < 4.78 is 21.8. The summed E-state index contributed by atoms with van der Waals surface area (Å²) in [5.41, 5.74) is 0. The number of halogens is 1. The maximum Gasteiger partial charge on any atom is 0.380 e. The van der Waals surface area contributed by atoms with Crippen molar-refractivity contribution in [3.63, 3.8) is 0 Å². The Balaban J connectivity index is 2.63. The Bertz CT molecular complexity index is 138. The van der Waals surface area contributed by atoms with Gasteiger partial charge in [0.15, 0.2) is 0 Å². The van der Waals surface area contributed by atoms with Crippen LogP contribution in [0.5, 0.6) is 0 Å². The van der Waals surface area contributed by atoms with Gasteiger partial charge in [0.25, 0.3) is 0 Å². The van der Waals surface area contributed by atoms with Gasteiger partial charge in [0.1, 0.15) is 0 Å². The molecule has 1 fully saturated rings. The molecular weight excluding hydrogens is 139 g/mol. The summed E-state index contributed by atoms with van der Waals surface area (Å²) in [6.07, 6.45) is -0.710. The second kappa shape index (κ2) is 2.29. The SMILES string of the molecule is CC1OC(F)(C=O)OC1C. The molecule has 2 atom stereocenters. The van der Waals surface area contributed by atoms with Crippen LogP contribution in [0, 0.1) is 0 Å². The highest BCUT2D eigenvalue weighted by Crippen LogP contribution is 2.27. The van der Waals surface area contributed by atoms with Gasteiger partial charge < -0.3 is 9.47 Å². The van der Waals surface area contributed by atoms with Crippen molar-refractivity contribution in [1.29, 1.82) is 0 Å². The van der Waals surface area contributed by atoms with Crippen LogP contribution >= 0.6 is 0 Å². The number of hydrogen-bond donors (Lipinski definition) is 0. The molecule has 1 aliphatic heterocycles. The van der Waals surface area contributed by atoms with Crippen LogP contribution in [0.2, 0.25) is 0 Å². The van der Waals surface area contributed by atoms with E-state index in [2.05, 4.69) is 9.47 Å². The van der Waals surface area contributed by atoms with Gasteiger partial charge in [0.05, 0.1) is 12.2 Å². The standard InChI is InChI=1S/C6H9FO3/c1-4-5(2)10-6(7,3-8)9-4/h3-5H,1-2H3. The summed E-state index contributed by atoms with van der Waals surface area (Å²) in [5, 5.41) is 0. The monoisotopic (exact) mass is 148 g/mol. The highest BCUT2D eigenvalue weighted by Gasteiger charge is 2.44. The lowest BCUT2D eigenvalue weighted by atomic mass is 10.3. The number of carbonyl (C=O) groups excluding carboxylic acids is 1. The summed E-state index contributed by atoms with van der Waals surface area (Å²) in [4.78, 5) is 9.99. The van der Waals surface area contributed by atoms with Crippen molar-refractivity contribution in [2.24, 2.45) is 0 Å². The van der Waals surface area contributed by atoms with Crippen LogP contribution in [0.4, 0.5) is 4.39 Å². The van der Waals surface area contributed by atoms with Crippen molar-refractivity contribution in [2.75, 3.05) is 0 Å². The van der Waals surface area contributed by atoms with Crippen molar-refractivity contribution in [3.8, 4) is 0 Å². The van der Waals surface area contributed by atoms with Crippen molar-refractivity contribution in [3.05, 3.63) is 0 Å². The zero-order valence-corrected chi connectivity index (χ0v) is 5.83. The van der Waals surface area contributed by atoms with E-state index >= 15 is 0 Å². The number of alkyl halides is 1. The molecule has 0 saturated carbocycles. The summed E-state index contributed by atoms with van der Waals surface area (Å²) in [7, 11) is 0. The van der Waals surface area contributed by atoms with Gasteiger partial charge in [0, 0.05) is 0 Å². The molecule has 0 aliphatic carbocycles. The van der Waals surface area contributed by atoms with E-state index in [-0.39, 0.29) is 18.5 Å². The van der Waals surface area contributed by atoms with E-state index < -0.39 is 6.04 Å². The van der Waals surface area contributed by atoms with Gasteiger partial charge in [-0.2, -0.15) is 4.39 Å². The Kier molecular flexibility index (Phi) is 1.74. The van der Waals surface area contributed by atoms with Crippen LogP contribution in [-0.4, -0.2) is 24.5 Å². The lowest BCUT2D eigenvalue weighted by Crippen LogP contribution is -2.26. The zero-order chi connectivity index (χ0) is 7.78. The molecule has 58 valence electrons. The number of rotatable bonds is 1. The van der Waals surface area contributed by atoms with E-state index in [9.17, 15) is 9.18 Å². The molecule has 0 bridgehead atoms. The van der Waals surface area contributed by atoms with Crippen molar-refractivity contribution >= 4 is 6.29 Å². The normalized spacial score (nSPS) is 47.5. The van der Waals surface area contributed by atoms with Gasteiger partial charge in [-0.3, -0.25) is 4.79 Å². The van der Waals surface area contributed by atoms with Gasteiger partial charge in [0.2, 0.25) is 6.29 Å². The van der Waals surface area contributed by atoms with Gasteiger partial charge >= 0.3 is 6.04 Å². The summed E-state index contributed by atoms with van der Waals surface area (Å²) in [6, 6.07) is -2.50. The highest BCUT2D eigenvalue weighted by atomic mass is 19.2. The van der Waals surface area contributed by atoms with E-state index in [1.54, 1.807) is 13.8 Å². The summed E-state index contributed by atoms with van der Waals surface area (Å²) >= 11 is 0. The molecule has 0 aromatic carbocycles. The molecule has 2 unspecified atom stereocenters. The first-order valence-electron chi connectivity index (χ1n) is 3.08. The Morgan fingerprint density at radius 3 is 2.00 bits per heavy atom.